The van der Waals surface area contributed by atoms with Gasteiger partial charge in [0.05, 0.1) is 0 Å². The highest BCUT2D eigenvalue weighted by atomic mass is 16.1. The number of aryl methyl sites for hydroxylation is 1. The molecule has 0 aromatic carbocycles. The number of rotatable bonds is 2. The van der Waals surface area contributed by atoms with Gasteiger partial charge in [-0.2, -0.15) is 0 Å². The van der Waals surface area contributed by atoms with Crippen molar-refractivity contribution in [2.45, 2.75) is 25.7 Å². The van der Waals surface area contributed by atoms with Gasteiger partial charge in [-0.25, -0.2) is 9.97 Å². The first-order valence-corrected chi connectivity index (χ1v) is 8.14. The van der Waals surface area contributed by atoms with Gasteiger partial charge in [0, 0.05) is 43.5 Å². The van der Waals surface area contributed by atoms with Gasteiger partial charge in [-0.1, -0.05) is 6.07 Å². The topological polar surface area (TPSA) is 71.0 Å². The summed E-state index contributed by atoms with van der Waals surface area (Å²) in [5.74, 6) is 1.79. The summed E-state index contributed by atoms with van der Waals surface area (Å²) in [5.41, 5.74) is 3.19. The monoisotopic (exact) mass is 309 g/mol. The molecular formula is C17H19N5O. The Labute approximate surface area is 135 Å². The van der Waals surface area contributed by atoms with Crippen LogP contribution < -0.4 is 10.2 Å². The highest BCUT2D eigenvalue weighted by molar-refractivity contribution is 5.77. The SMILES string of the molecule is O=C1CCN(c2nc(-c3ccccn3)nc3c2CCC3)CCN1. The number of carbonyl (C=O) groups is 1. The van der Waals surface area contributed by atoms with Crippen molar-refractivity contribution in [3.63, 3.8) is 0 Å². The lowest BCUT2D eigenvalue weighted by Crippen LogP contribution is -2.30. The number of carbonyl (C=O) groups excluding carboxylic acids is 1. The second-order valence-corrected chi connectivity index (χ2v) is 5.95. The zero-order chi connectivity index (χ0) is 15.6. The van der Waals surface area contributed by atoms with E-state index in [2.05, 4.69) is 15.2 Å². The largest absolute Gasteiger partial charge is 0.354 e. The second kappa shape index (κ2) is 5.95. The zero-order valence-corrected chi connectivity index (χ0v) is 13.0. The molecule has 2 aromatic rings. The van der Waals surface area contributed by atoms with Gasteiger partial charge >= 0.3 is 0 Å². The fourth-order valence-electron chi connectivity index (χ4n) is 3.26. The van der Waals surface area contributed by atoms with E-state index in [0.29, 0.717) is 25.3 Å². The van der Waals surface area contributed by atoms with Crippen LogP contribution in [-0.4, -0.2) is 40.5 Å². The number of aromatic nitrogens is 3. The van der Waals surface area contributed by atoms with Crippen LogP contribution in [0.15, 0.2) is 24.4 Å². The van der Waals surface area contributed by atoms with Gasteiger partial charge in [0.15, 0.2) is 5.82 Å². The first-order valence-electron chi connectivity index (χ1n) is 8.14. The van der Waals surface area contributed by atoms with Crippen LogP contribution in [0.4, 0.5) is 5.82 Å². The normalized spacial score (nSPS) is 17.6. The molecule has 6 nitrogen and oxygen atoms in total. The number of anilines is 1. The highest BCUT2D eigenvalue weighted by Gasteiger charge is 2.25. The fourth-order valence-corrected chi connectivity index (χ4v) is 3.26. The van der Waals surface area contributed by atoms with E-state index in [9.17, 15) is 4.79 Å². The fraction of sp³-hybridized carbons (Fsp3) is 0.412. The summed E-state index contributed by atoms with van der Waals surface area (Å²) in [6.07, 6.45) is 5.41. The Balaban J connectivity index is 1.76. The zero-order valence-electron chi connectivity index (χ0n) is 13.0. The van der Waals surface area contributed by atoms with Gasteiger partial charge in [0.1, 0.15) is 11.5 Å². The van der Waals surface area contributed by atoms with Crippen molar-refractivity contribution >= 4 is 11.7 Å². The molecule has 118 valence electrons. The van der Waals surface area contributed by atoms with Crippen molar-refractivity contribution in [1.82, 2.24) is 20.3 Å². The van der Waals surface area contributed by atoms with Gasteiger partial charge in [0.2, 0.25) is 5.91 Å². The molecule has 1 aliphatic carbocycles. The average Bonchev–Trinajstić information content (AvgIpc) is 2.96. The van der Waals surface area contributed by atoms with Crippen LogP contribution in [0, 0.1) is 0 Å². The Morgan fingerprint density at radius 1 is 1.09 bits per heavy atom. The van der Waals surface area contributed by atoms with Crippen LogP contribution in [0.5, 0.6) is 0 Å². The Bertz CT molecular complexity index is 731. The standard InChI is InChI=1S/C17H19N5O/c23-15-7-10-22(11-9-19-15)17-12-4-3-6-13(12)20-16(21-17)14-5-1-2-8-18-14/h1-2,5,8H,3-4,6-7,9-11H2,(H,19,23). The summed E-state index contributed by atoms with van der Waals surface area (Å²) in [4.78, 5) is 27.8. The molecule has 0 unspecified atom stereocenters. The highest BCUT2D eigenvalue weighted by Crippen LogP contribution is 2.31. The van der Waals surface area contributed by atoms with Crippen LogP contribution in [0.2, 0.25) is 0 Å². The average molecular weight is 309 g/mol. The van der Waals surface area contributed by atoms with E-state index in [4.69, 9.17) is 9.97 Å². The van der Waals surface area contributed by atoms with Crippen molar-refractivity contribution in [1.29, 1.82) is 0 Å². The van der Waals surface area contributed by atoms with E-state index in [1.807, 2.05) is 18.2 Å². The summed E-state index contributed by atoms with van der Waals surface area (Å²) in [6.45, 7) is 2.16. The summed E-state index contributed by atoms with van der Waals surface area (Å²) in [6, 6.07) is 5.78. The molecule has 0 radical (unpaired) electrons. The van der Waals surface area contributed by atoms with Gasteiger partial charge in [-0.15, -0.1) is 0 Å². The number of hydrogen-bond acceptors (Lipinski definition) is 5. The first kappa shape index (κ1) is 14.1. The minimum Gasteiger partial charge on any atom is -0.354 e. The van der Waals surface area contributed by atoms with Crippen LogP contribution >= 0.6 is 0 Å². The molecular weight excluding hydrogens is 290 g/mol. The molecule has 0 atom stereocenters. The lowest BCUT2D eigenvalue weighted by atomic mass is 10.2. The quantitative estimate of drug-likeness (QED) is 0.907. The maximum Gasteiger partial charge on any atom is 0.221 e. The number of amides is 1. The van der Waals surface area contributed by atoms with Crippen molar-refractivity contribution in [2.24, 2.45) is 0 Å². The third-order valence-electron chi connectivity index (χ3n) is 4.42. The lowest BCUT2D eigenvalue weighted by Gasteiger charge is -2.23. The third-order valence-corrected chi connectivity index (χ3v) is 4.42. The van der Waals surface area contributed by atoms with Crippen molar-refractivity contribution in [3.8, 4) is 11.5 Å². The number of fused-ring (bicyclic) bond motifs is 1. The van der Waals surface area contributed by atoms with Gasteiger partial charge in [-0.05, 0) is 31.4 Å². The molecule has 2 aromatic heterocycles. The van der Waals surface area contributed by atoms with Crippen LogP contribution in [0.25, 0.3) is 11.5 Å². The molecule has 0 saturated carbocycles. The number of nitrogens with zero attached hydrogens (tertiary/aromatic N) is 4. The van der Waals surface area contributed by atoms with E-state index < -0.39 is 0 Å². The number of hydrogen-bond donors (Lipinski definition) is 1. The minimum absolute atomic E-state index is 0.114. The first-order chi connectivity index (χ1) is 11.3. The summed E-state index contributed by atoms with van der Waals surface area (Å²) >= 11 is 0. The smallest absolute Gasteiger partial charge is 0.221 e. The Morgan fingerprint density at radius 2 is 2.04 bits per heavy atom. The molecule has 0 bridgehead atoms. The lowest BCUT2D eigenvalue weighted by molar-refractivity contribution is -0.120. The van der Waals surface area contributed by atoms with E-state index in [1.165, 1.54) is 5.56 Å². The molecule has 23 heavy (non-hydrogen) atoms. The number of nitrogens with one attached hydrogen (secondary N) is 1. The molecule has 1 N–H and O–H groups in total. The molecule has 1 amide bonds. The van der Waals surface area contributed by atoms with E-state index in [-0.39, 0.29) is 5.91 Å². The van der Waals surface area contributed by atoms with Gasteiger partial charge in [-0.3, -0.25) is 9.78 Å². The van der Waals surface area contributed by atoms with Crippen molar-refractivity contribution in [2.75, 3.05) is 24.5 Å². The molecule has 2 aliphatic rings. The predicted molar refractivity (Wildman–Crippen MR) is 87.1 cm³/mol. The van der Waals surface area contributed by atoms with Gasteiger partial charge < -0.3 is 10.2 Å². The van der Waals surface area contributed by atoms with E-state index in [1.54, 1.807) is 6.20 Å². The molecule has 1 aliphatic heterocycles. The van der Waals surface area contributed by atoms with Gasteiger partial charge in [0.25, 0.3) is 0 Å². The molecule has 4 rings (SSSR count). The maximum absolute atomic E-state index is 11.6. The maximum atomic E-state index is 11.6. The van der Waals surface area contributed by atoms with Crippen LogP contribution in [0.1, 0.15) is 24.1 Å². The Morgan fingerprint density at radius 3 is 2.91 bits per heavy atom. The van der Waals surface area contributed by atoms with Crippen LogP contribution in [-0.2, 0) is 17.6 Å². The van der Waals surface area contributed by atoms with E-state index in [0.717, 1.165) is 43.0 Å². The van der Waals surface area contributed by atoms with Crippen LogP contribution in [0.3, 0.4) is 0 Å². The second-order valence-electron chi connectivity index (χ2n) is 5.95. The molecule has 1 saturated heterocycles. The van der Waals surface area contributed by atoms with Crippen molar-refractivity contribution in [3.05, 3.63) is 35.7 Å². The van der Waals surface area contributed by atoms with E-state index >= 15 is 0 Å². The molecule has 1 fully saturated rings. The minimum atomic E-state index is 0.114. The Hall–Kier alpha value is -2.50. The summed E-state index contributed by atoms with van der Waals surface area (Å²) < 4.78 is 0. The molecule has 6 heteroatoms. The third kappa shape index (κ3) is 2.76. The number of pyridine rings is 1. The summed E-state index contributed by atoms with van der Waals surface area (Å²) in [7, 11) is 0. The predicted octanol–water partition coefficient (Wildman–Crippen LogP) is 1.35. The Kier molecular flexibility index (Phi) is 3.65. The molecule has 3 heterocycles. The molecule has 0 spiro atoms. The van der Waals surface area contributed by atoms with Crippen molar-refractivity contribution < 1.29 is 4.79 Å². The summed E-state index contributed by atoms with van der Waals surface area (Å²) in [5, 5.41) is 2.92.